The van der Waals surface area contributed by atoms with Crippen molar-refractivity contribution < 1.29 is 19.9 Å². The molecule has 2 aromatic rings. The summed E-state index contributed by atoms with van der Waals surface area (Å²) in [6, 6.07) is 2.87. The van der Waals surface area contributed by atoms with Crippen molar-refractivity contribution in [2.75, 3.05) is 6.54 Å². The number of nitro benzene ring substituents is 1. The lowest BCUT2D eigenvalue weighted by Crippen LogP contribution is -2.20. The molecule has 0 aliphatic heterocycles. The van der Waals surface area contributed by atoms with Crippen LogP contribution in [0.15, 0.2) is 12.1 Å². The van der Waals surface area contributed by atoms with Crippen LogP contribution < -0.4 is 5.73 Å². The van der Waals surface area contributed by atoms with Gasteiger partial charge in [-0.25, -0.2) is 0 Å². The Kier molecular flexibility index (Phi) is 4.55. The van der Waals surface area contributed by atoms with Gasteiger partial charge in [0.2, 0.25) is 0 Å². The predicted molar refractivity (Wildman–Crippen MR) is 84.5 cm³/mol. The Balaban J connectivity index is 2.72. The Bertz CT molecular complexity index is 781. The first-order valence-electron chi connectivity index (χ1n) is 7.16. The number of nitro groups is 1. The second-order valence-corrected chi connectivity index (χ2v) is 5.52. The van der Waals surface area contributed by atoms with E-state index in [1.165, 1.54) is 6.07 Å². The zero-order valence-electron chi connectivity index (χ0n) is 12.9. The number of fused-ring (bicyclic) bond motifs is 1. The van der Waals surface area contributed by atoms with E-state index in [1.54, 1.807) is 24.6 Å². The molecule has 0 bridgehead atoms. The fourth-order valence-corrected chi connectivity index (χ4v) is 2.91. The summed E-state index contributed by atoms with van der Waals surface area (Å²) >= 11 is 0. The molecule has 1 unspecified atom stereocenters. The molecular weight excluding hydrogens is 302 g/mol. The number of aromatic hydroxyl groups is 1. The van der Waals surface area contributed by atoms with E-state index in [9.17, 15) is 25.1 Å². The maximum Gasteiger partial charge on any atom is 0.320 e. The van der Waals surface area contributed by atoms with E-state index >= 15 is 0 Å². The summed E-state index contributed by atoms with van der Waals surface area (Å²) in [4.78, 5) is 22.1. The number of rotatable bonds is 6. The Morgan fingerprint density at radius 3 is 2.65 bits per heavy atom. The Morgan fingerprint density at radius 2 is 2.13 bits per heavy atom. The maximum absolute atomic E-state index is 11.4. The molecule has 0 fully saturated rings. The summed E-state index contributed by atoms with van der Waals surface area (Å²) in [6.07, 6.45) is 0.401. The first kappa shape index (κ1) is 16.8. The monoisotopic (exact) mass is 321 g/mol. The average Bonchev–Trinajstić information content (AvgIpc) is 2.71. The number of carboxylic acids is 1. The van der Waals surface area contributed by atoms with Gasteiger partial charge in [-0.3, -0.25) is 14.9 Å². The largest absolute Gasteiger partial charge is 0.502 e. The molecule has 1 aromatic heterocycles. The van der Waals surface area contributed by atoms with Crippen LogP contribution in [0.2, 0.25) is 0 Å². The molecular formula is C15H19N3O5. The molecule has 0 saturated heterocycles. The molecule has 1 aromatic carbocycles. The van der Waals surface area contributed by atoms with Gasteiger partial charge >= 0.3 is 11.7 Å². The number of nitrogens with zero attached hydrogens (tertiary/aromatic N) is 2. The summed E-state index contributed by atoms with van der Waals surface area (Å²) in [5, 5.41) is 30.8. The highest BCUT2D eigenvalue weighted by atomic mass is 16.6. The minimum atomic E-state index is -0.991. The van der Waals surface area contributed by atoms with Gasteiger partial charge in [0.1, 0.15) is 0 Å². The topological polar surface area (TPSA) is 132 Å². The summed E-state index contributed by atoms with van der Waals surface area (Å²) in [5.41, 5.74) is 6.95. The lowest BCUT2D eigenvalue weighted by Gasteiger charge is -2.11. The van der Waals surface area contributed by atoms with Gasteiger partial charge in [-0.1, -0.05) is 0 Å². The third-order valence-corrected chi connectivity index (χ3v) is 4.24. The minimum absolute atomic E-state index is 0.125. The maximum atomic E-state index is 11.4. The lowest BCUT2D eigenvalue weighted by molar-refractivity contribution is -0.384. The molecule has 8 heteroatoms. The summed E-state index contributed by atoms with van der Waals surface area (Å²) < 4.78 is 1.76. The average molecular weight is 321 g/mol. The highest BCUT2D eigenvalue weighted by Crippen LogP contribution is 2.39. The van der Waals surface area contributed by atoms with Crippen molar-refractivity contribution in [2.45, 2.75) is 19.8 Å². The number of aryl methyl sites for hydroxylation is 1. The Hall–Kier alpha value is -2.61. The summed E-state index contributed by atoms with van der Waals surface area (Å²) in [7, 11) is 1.75. The number of phenols is 1. The highest BCUT2D eigenvalue weighted by molar-refractivity contribution is 5.96. The number of hydrogen-bond donors (Lipinski definition) is 3. The lowest BCUT2D eigenvalue weighted by atomic mass is 9.94. The minimum Gasteiger partial charge on any atom is -0.502 e. The second-order valence-electron chi connectivity index (χ2n) is 5.52. The van der Waals surface area contributed by atoms with Gasteiger partial charge in [0, 0.05) is 12.7 Å². The number of aromatic nitrogens is 1. The zero-order valence-corrected chi connectivity index (χ0v) is 12.9. The van der Waals surface area contributed by atoms with Gasteiger partial charge in [0.05, 0.1) is 21.7 Å². The van der Waals surface area contributed by atoms with Gasteiger partial charge in [-0.15, -0.1) is 0 Å². The SMILES string of the molecule is Cc1c(CC(CCN)C(=O)O)c2c([N+](=O)[O-])c(O)ccc2n1C. The molecule has 0 aliphatic carbocycles. The molecule has 0 amide bonds. The van der Waals surface area contributed by atoms with Gasteiger partial charge in [0.15, 0.2) is 5.75 Å². The highest BCUT2D eigenvalue weighted by Gasteiger charge is 2.28. The quantitative estimate of drug-likeness (QED) is 0.548. The Labute approximate surface area is 132 Å². The standard InChI is InChI=1S/C15H19N3O5/c1-8-10(7-9(5-6-16)15(20)21)13-11(17(8)2)3-4-12(19)14(13)18(22)23/h3-4,9,19H,5-7,16H2,1-2H3,(H,20,21). The van der Waals surface area contributed by atoms with E-state index in [0.717, 1.165) is 5.69 Å². The number of aliphatic carboxylic acids is 1. The van der Waals surface area contributed by atoms with Crippen LogP contribution in [0.5, 0.6) is 5.75 Å². The normalized spacial score (nSPS) is 12.5. The smallest absolute Gasteiger partial charge is 0.320 e. The van der Waals surface area contributed by atoms with E-state index in [4.69, 9.17) is 5.73 Å². The first-order valence-corrected chi connectivity index (χ1v) is 7.16. The van der Waals surface area contributed by atoms with E-state index in [0.29, 0.717) is 16.5 Å². The van der Waals surface area contributed by atoms with Crippen molar-refractivity contribution >= 4 is 22.6 Å². The molecule has 0 spiro atoms. The predicted octanol–water partition coefficient (Wildman–Crippen LogP) is 1.69. The molecule has 0 aliphatic rings. The number of phenolic OH excluding ortho intramolecular Hbond substituents is 1. The third kappa shape index (κ3) is 2.85. The molecule has 23 heavy (non-hydrogen) atoms. The first-order chi connectivity index (χ1) is 10.8. The van der Waals surface area contributed by atoms with Crippen LogP contribution in [-0.4, -0.2) is 32.2 Å². The molecule has 2 rings (SSSR count). The Morgan fingerprint density at radius 1 is 1.48 bits per heavy atom. The van der Waals surface area contributed by atoms with Gasteiger partial charge < -0.3 is 20.5 Å². The molecule has 4 N–H and O–H groups in total. The van der Waals surface area contributed by atoms with Crippen molar-refractivity contribution in [2.24, 2.45) is 18.7 Å². The number of benzene rings is 1. The van der Waals surface area contributed by atoms with Crippen molar-refractivity contribution in [1.29, 1.82) is 0 Å². The van der Waals surface area contributed by atoms with Crippen molar-refractivity contribution in [3.05, 3.63) is 33.5 Å². The molecule has 8 nitrogen and oxygen atoms in total. The van der Waals surface area contributed by atoms with Crippen LogP contribution in [-0.2, 0) is 18.3 Å². The molecule has 1 heterocycles. The second kappa shape index (κ2) is 6.25. The third-order valence-electron chi connectivity index (χ3n) is 4.24. The van der Waals surface area contributed by atoms with Crippen molar-refractivity contribution in [3.63, 3.8) is 0 Å². The fourth-order valence-electron chi connectivity index (χ4n) is 2.91. The van der Waals surface area contributed by atoms with Crippen LogP contribution in [0.3, 0.4) is 0 Å². The van der Waals surface area contributed by atoms with Gasteiger partial charge in [-0.2, -0.15) is 0 Å². The van der Waals surface area contributed by atoms with Crippen LogP contribution >= 0.6 is 0 Å². The number of carbonyl (C=O) groups is 1. The molecule has 0 radical (unpaired) electrons. The summed E-state index contributed by atoms with van der Waals surface area (Å²) in [6.45, 7) is 1.99. The summed E-state index contributed by atoms with van der Waals surface area (Å²) in [5.74, 6) is -2.15. The van der Waals surface area contributed by atoms with Crippen molar-refractivity contribution in [3.8, 4) is 5.75 Å². The molecule has 124 valence electrons. The van der Waals surface area contributed by atoms with Gasteiger partial charge in [0.25, 0.3) is 0 Å². The molecule has 0 saturated carbocycles. The van der Waals surface area contributed by atoms with Crippen LogP contribution in [0.25, 0.3) is 10.9 Å². The zero-order chi connectivity index (χ0) is 17.3. The molecule has 1 atom stereocenters. The van der Waals surface area contributed by atoms with Gasteiger partial charge in [-0.05, 0) is 44.0 Å². The van der Waals surface area contributed by atoms with Crippen LogP contribution in [0, 0.1) is 23.0 Å². The van der Waals surface area contributed by atoms with E-state index in [2.05, 4.69) is 0 Å². The van der Waals surface area contributed by atoms with Crippen LogP contribution in [0.4, 0.5) is 5.69 Å². The van der Waals surface area contributed by atoms with Crippen LogP contribution in [0.1, 0.15) is 17.7 Å². The van der Waals surface area contributed by atoms with E-state index in [1.807, 2.05) is 0 Å². The number of carboxylic acid groups (broad SMARTS) is 1. The van der Waals surface area contributed by atoms with E-state index in [-0.39, 0.29) is 19.4 Å². The number of hydrogen-bond acceptors (Lipinski definition) is 5. The number of nitrogens with two attached hydrogens (primary N) is 1. The fraction of sp³-hybridized carbons (Fsp3) is 0.400. The van der Waals surface area contributed by atoms with Crippen molar-refractivity contribution in [1.82, 2.24) is 4.57 Å². The van der Waals surface area contributed by atoms with E-state index < -0.39 is 28.2 Å².